The summed E-state index contributed by atoms with van der Waals surface area (Å²) in [5.74, 6) is 0.445. The van der Waals surface area contributed by atoms with Crippen LogP contribution in [-0.4, -0.2) is 5.11 Å². The van der Waals surface area contributed by atoms with Gasteiger partial charge in [-0.1, -0.05) is 97.0 Å². The molecule has 2 aromatic rings. The molecule has 0 aromatic heterocycles. The normalized spacial score (nSPS) is 13.1. The van der Waals surface area contributed by atoms with Gasteiger partial charge in [0.1, 0.15) is 5.75 Å². The average Bonchev–Trinajstić information content (AvgIpc) is 2.45. The third-order valence-electron chi connectivity index (χ3n) is 4.91. The van der Waals surface area contributed by atoms with Crippen LogP contribution in [0.4, 0.5) is 0 Å². The molecule has 2 rings (SSSR count). The first-order valence-electron chi connectivity index (χ1n) is 8.84. The SMILES string of the molecule is CC(C)(C)CC(C)(C)c1cccc(C(C)(C)c2ccccc2)c1O. The second kappa shape index (κ2) is 6.27. The molecule has 0 saturated carbocycles. The minimum Gasteiger partial charge on any atom is -0.507 e. The van der Waals surface area contributed by atoms with Gasteiger partial charge in [-0.25, -0.2) is 0 Å². The summed E-state index contributed by atoms with van der Waals surface area (Å²) in [6.07, 6.45) is 1.02. The van der Waals surface area contributed by atoms with Crippen LogP contribution < -0.4 is 0 Å². The van der Waals surface area contributed by atoms with Crippen LogP contribution in [0.1, 0.15) is 71.6 Å². The molecule has 0 saturated heterocycles. The molecule has 130 valence electrons. The van der Waals surface area contributed by atoms with Crippen LogP contribution in [0, 0.1) is 5.41 Å². The standard InChI is InChI=1S/C23H32O/c1-21(2,3)16-22(4,5)18-14-11-15-19(20(18)24)23(6,7)17-12-9-8-10-13-17/h8-15,24H,16H2,1-7H3. The molecule has 0 bridgehead atoms. The lowest BCUT2D eigenvalue weighted by Crippen LogP contribution is -2.26. The van der Waals surface area contributed by atoms with Gasteiger partial charge in [0.05, 0.1) is 0 Å². The molecule has 1 heteroatoms. The Balaban J connectivity index is 2.52. The van der Waals surface area contributed by atoms with E-state index in [0.717, 1.165) is 17.5 Å². The van der Waals surface area contributed by atoms with E-state index >= 15 is 0 Å². The Morgan fingerprint density at radius 2 is 1.25 bits per heavy atom. The van der Waals surface area contributed by atoms with Gasteiger partial charge in [-0.15, -0.1) is 0 Å². The minimum atomic E-state index is -0.237. The van der Waals surface area contributed by atoms with Gasteiger partial charge in [-0.05, 0) is 28.4 Å². The summed E-state index contributed by atoms with van der Waals surface area (Å²) in [5.41, 5.74) is 3.14. The second-order valence-electron chi connectivity index (χ2n) is 9.31. The molecular formula is C23H32O. The van der Waals surface area contributed by atoms with Crippen molar-refractivity contribution in [2.75, 3.05) is 0 Å². The van der Waals surface area contributed by atoms with Crippen molar-refractivity contribution < 1.29 is 5.11 Å². The number of aromatic hydroxyl groups is 1. The molecular weight excluding hydrogens is 292 g/mol. The molecule has 0 atom stereocenters. The zero-order valence-electron chi connectivity index (χ0n) is 16.3. The summed E-state index contributed by atoms with van der Waals surface area (Å²) in [6, 6.07) is 16.6. The van der Waals surface area contributed by atoms with Gasteiger partial charge in [-0.2, -0.15) is 0 Å². The minimum absolute atomic E-state index is 0.0783. The van der Waals surface area contributed by atoms with Crippen LogP contribution >= 0.6 is 0 Å². The molecule has 2 aromatic carbocycles. The largest absolute Gasteiger partial charge is 0.507 e. The van der Waals surface area contributed by atoms with Crippen LogP contribution in [0.2, 0.25) is 0 Å². The zero-order valence-corrected chi connectivity index (χ0v) is 16.3. The van der Waals surface area contributed by atoms with Crippen LogP contribution in [-0.2, 0) is 10.8 Å². The molecule has 0 fully saturated rings. The lowest BCUT2D eigenvalue weighted by molar-refractivity contribution is 0.277. The van der Waals surface area contributed by atoms with Gasteiger partial charge < -0.3 is 5.11 Å². The van der Waals surface area contributed by atoms with E-state index in [9.17, 15) is 5.11 Å². The maximum absolute atomic E-state index is 11.1. The van der Waals surface area contributed by atoms with Gasteiger partial charge in [0.2, 0.25) is 0 Å². The molecule has 0 aliphatic heterocycles. The first-order valence-corrected chi connectivity index (χ1v) is 8.84. The van der Waals surface area contributed by atoms with Crippen LogP contribution in [0.3, 0.4) is 0 Å². The Kier molecular flexibility index (Phi) is 4.86. The highest BCUT2D eigenvalue weighted by atomic mass is 16.3. The number of rotatable bonds is 4. The van der Waals surface area contributed by atoms with E-state index in [4.69, 9.17) is 0 Å². The van der Waals surface area contributed by atoms with E-state index in [1.54, 1.807) is 0 Å². The third kappa shape index (κ3) is 3.83. The summed E-state index contributed by atoms with van der Waals surface area (Å²) in [5, 5.41) is 11.1. The number of phenolic OH excluding ortho intramolecular Hbond substituents is 1. The van der Waals surface area contributed by atoms with Crippen LogP contribution in [0.5, 0.6) is 5.75 Å². The first kappa shape index (κ1) is 18.6. The monoisotopic (exact) mass is 324 g/mol. The molecule has 1 nitrogen and oxygen atoms in total. The lowest BCUT2D eigenvalue weighted by Gasteiger charge is -2.35. The van der Waals surface area contributed by atoms with Crippen molar-refractivity contribution in [3.63, 3.8) is 0 Å². The Hall–Kier alpha value is -1.76. The number of hydrogen-bond donors (Lipinski definition) is 1. The van der Waals surface area contributed by atoms with E-state index in [-0.39, 0.29) is 16.2 Å². The van der Waals surface area contributed by atoms with Crippen molar-refractivity contribution in [2.45, 2.75) is 65.7 Å². The first-order chi connectivity index (χ1) is 11.0. The van der Waals surface area contributed by atoms with Crippen molar-refractivity contribution >= 4 is 0 Å². The highest BCUT2D eigenvalue weighted by Crippen LogP contribution is 2.45. The van der Waals surface area contributed by atoms with Crippen LogP contribution in [0.25, 0.3) is 0 Å². The maximum atomic E-state index is 11.1. The van der Waals surface area contributed by atoms with Gasteiger partial charge in [-0.3, -0.25) is 0 Å². The lowest BCUT2D eigenvalue weighted by atomic mass is 9.70. The fraction of sp³-hybridized carbons (Fsp3) is 0.478. The third-order valence-corrected chi connectivity index (χ3v) is 4.91. The van der Waals surface area contributed by atoms with E-state index in [1.807, 2.05) is 6.07 Å². The zero-order chi connectivity index (χ0) is 18.2. The maximum Gasteiger partial charge on any atom is 0.123 e. The number of para-hydroxylation sites is 1. The Labute approximate surface area is 147 Å². The summed E-state index contributed by atoms with van der Waals surface area (Å²) in [4.78, 5) is 0. The molecule has 0 aliphatic rings. The summed E-state index contributed by atoms with van der Waals surface area (Å²) >= 11 is 0. The van der Waals surface area contributed by atoms with Gasteiger partial charge in [0, 0.05) is 11.0 Å². The fourth-order valence-electron chi connectivity index (χ4n) is 4.03. The smallest absolute Gasteiger partial charge is 0.123 e. The molecule has 0 spiro atoms. The molecule has 24 heavy (non-hydrogen) atoms. The van der Waals surface area contributed by atoms with Crippen molar-refractivity contribution in [3.05, 3.63) is 65.2 Å². The fourth-order valence-corrected chi connectivity index (χ4v) is 4.03. The molecule has 0 amide bonds. The molecule has 1 N–H and O–H groups in total. The Morgan fingerprint density at radius 3 is 1.79 bits per heavy atom. The van der Waals surface area contributed by atoms with Crippen molar-refractivity contribution in [2.24, 2.45) is 5.41 Å². The number of hydrogen-bond acceptors (Lipinski definition) is 1. The van der Waals surface area contributed by atoms with E-state index < -0.39 is 0 Å². The summed E-state index contributed by atoms with van der Waals surface area (Å²) in [6.45, 7) is 15.6. The van der Waals surface area contributed by atoms with Crippen LogP contribution in [0.15, 0.2) is 48.5 Å². The molecule has 0 heterocycles. The van der Waals surface area contributed by atoms with Crippen molar-refractivity contribution in [3.8, 4) is 5.75 Å². The quantitative estimate of drug-likeness (QED) is 0.687. The predicted molar refractivity (Wildman–Crippen MR) is 104 cm³/mol. The van der Waals surface area contributed by atoms with Gasteiger partial charge in [0.15, 0.2) is 0 Å². The Bertz CT molecular complexity index is 688. The number of benzene rings is 2. The Morgan fingerprint density at radius 1 is 0.708 bits per heavy atom. The summed E-state index contributed by atoms with van der Waals surface area (Å²) in [7, 11) is 0. The van der Waals surface area contributed by atoms with Crippen molar-refractivity contribution in [1.82, 2.24) is 0 Å². The molecule has 0 aliphatic carbocycles. The molecule has 0 radical (unpaired) electrons. The van der Waals surface area contributed by atoms with E-state index in [0.29, 0.717) is 5.75 Å². The average molecular weight is 325 g/mol. The highest BCUT2D eigenvalue weighted by Gasteiger charge is 2.33. The van der Waals surface area contributed by atoms with Gasteiger partial charge >= 0.3 is 0 Å². The highest BCUT2D eigenvalue weighted by molar-refractivity contribution is 5.51. The van der Waals surface area contributed by atoms with Gasteiger partial charge in [0.25, 0.3) is 0 Å². The van der Waals surface area contributed by atoms with E-state index in [1.165, 1.54) is 5.56 Å². The molecule has 0 unspecified atom stereocenters. The topological polar surface area (TPSA) is 20.2 Å². The van der Waals surface area contributed by atoms with Crippen molar-refractivity contribution in [1.29, 1.82) is 0 Å². The predicted octanol–water partition coefficient (Wildman–Crippen LogP) is 6.43. The summed E-state index contributed by atoms with van der Waals surface area (Å²) < 4.78 is 0. The van der Waals surface area contributed by atoms with E-state index in [2.05, 4.69) is 90.9 Å². The number of phenols is 1. The second-order valence-corrected chi connectivity index (χ2v) is 9.31.